The van der Waals surface area contributed by atoms with Crippen LogP contribution < -0.4 is 10.6 Å². The molecule has 1 heterocycles. The predicted molar refractivity (Wildman–Crippen MR) is 70.2 cm³/mol. The number of hydrogen-bond acceptors (Lipinski definition) is 5. The minimum Gasteiger partial charge on any atom is -0.361 e. The van der Waals surface area contributed by atoms with Crippen molar-refractivity contribution in [3.8, 4) is 0 Å². The highest BCUT2D eigenvalue weighted by Gasteiger charge is 2.13. The van der Waals surface area contributed by atoms with Crippen molar-refractivity contribution >= 4 is 23.5 Å². The molecular formula is C11H18N4OS. The van der Waals surface area contributed by atoms with Crippen LogP contribution >= 0.6 is 11.8 Å². The molecule has 1 aromatic rings. The Hall–Kier alpha value is -1.30. The van der Waals surface area contributed by atoms with E-state index in [4.69, 9.17) is 0 Å². The van der Waals surface area contributed by atoms with Gasteiger partial charge in [0.15, 0.2) is 0 Å². The zero-order valence-electron chi connectivity index (χ0n) is 10.6. The molecule has 1 rings (SSSR count). The van der Waals surface area contributed by atoms with Crippen LogP contribution in [0.4, 0.5) is 5.82 Å². The summed E-state index contributed by atoms with van der Waals surface area (Å²) in [6.45, 7) is 6.05. The Balaban J connectivity index is 2.47. The lowest BCUT2D eigenvalue weighted by Crippen LogP contribution is -2.43. The van der Waals surface area contributed by atoms with Gasteiger partial charge in [-0.15, -0.1) is 11.8 Å². The molecule has 94 valence electrons. The number of nitrogens with one attached hydrogen (secondary N) is 2. The molecule has 1 amide bonds. The predicted octanol–water partition coefficient (Wildman–Crippen LogP) is 1.53. The number of hydrogen-bond donors (Lipinski definition) is 2. The molecule has 5 nitrogen and oxygen atoms in total. The molecule has 1 aromatic heterocycles. The summed E-state index contributed by atoms with van der Waals surface area (Å²) in [6, 6.07) is 1.81. The summed E-state index contributed by atoms with van der Waals surface area (Å²) in [4.78, 5) is 19.7. The molecule has 17 heavy (non-hydrogen) atoms. The van der Waals surface area contributed by atoms with Crippen molar-refractivity contribution < 1.29 is 4.79 Å². The first-order valence-corrected chi connectivity index (χ1v) is 6.54. The maximum absolute atomic E-state index is 11.6. The van der Waals surface area contributed by atoms with Gasteiger partial charge in [-0.25, -0.2) is 9.97 Å². The minimum atomic E-state index is -0.213. The summed E-state index contributed by atoms with van der Waals surface area (Å²) < 4.78 is 0. The van der Waals surface area contributed by atoms with Gasteiger partial charge in [-0.3, -0.25) is 4.79 Å². The van der Waals surface area contributed by atoms with Crippen molar-refractivity contribution in [1.82, 2.24) is 15.3 Å². The van der Waals surface area contributed by atoms with E-state index in [-0.39, 0.29) is 18.0 Å². The van der Waals surface area contributed by atoms with E-state index >= 15 is 0 Å². The van der Waals surface area contributed by atoms with Crippen molar-refractivity contribution in [2.45, 2.75) is 31.3 Å². The Morgan fingerprint density at radius 1 is 1.41 bits per heavy atom. The zero-order valence-corrected chi connectivity index (χ0v) is 11.4. The first-order chi connectivity index (χ1) is 7.90. The van der Waals surface area contributed by atoms with E-state index in [0.717, 1.165) is 5.03 Å². The Kier molecular flexibility index (Phi) is 4.74. The van der Waals surface area contributed by atoms with Gasteiger partial charge in [-0.2, -0.15) is 0 Å². The van der Waals surface area contributed by atoms with E-state index in [1.54, 1.807) is 0 Å². The van der Waals surface area contributed by atoms with E-state index in [2.05, 4.69) is 20.6 Å². The fourth-order valence-electron chi connectivity index (χ4n) is 1.18. The van der Waals surface area contributed by atoms with Crippen molar-refractivity contribution in [1.29, 1.82) is 0 Å². The smallest absolute Gasteiger partial charge is 0.239 e. The molecule has 0 fully saturated rings. The van der Waals surface area contributed by atoms with Crippen LogP contribution in [0.15, 0.2) is 17.4 Å². The van der Waals surface area contributed by atoms with Gasteiger partial charge < -0.3 is 10.6 Å². The molecule has 2 N–H and O–H groups in total. The quantitative estimate of drug-likeness (QED) is 0.630. The van der Waals surface area contributed by atoms with Crippen LogP contribution in [0.2, 0.25) is 0 Å². The summed E-state index contributed by atoms with van der Waals surface area (Å²) in [5.41, 5.74) is -0.213. The molecule has 0 radical (unpaired) electrons. The Morgan fingerprint density at radius 3 is 2.71 bits per heavy atom. The molecular weight excluding hydrogens is 236 g/mol. The van der Waals surface area contributed by atoms with Crippen molar-refractivity contribution in [3.05, 3.63) is 12.4 Å². The van der Waals surface area contributed by atoms with Crippen LogP contribution in [0.1, 0.15) is 20.8 Å². The number of rotatable bonds is 4. The number of thioether (sulfide) groups is 1. The molecule has 0 saturated heterocycles. The standard InChI is InChI=1S/C11H18N4OS/c1-11(2,3)15-9(16)6-12-8-5-10(17-4)14-7-13-8/h5,7H,6H2,1-4H3,(H,15,16)(H,12,13,14). The summed E-state index contributed by atoms with van der Waals surface area (Å²) in [6.07, 6.45) is 3.42. The van der Waals surface area contributed by atoms with Crippen LogP contribution in [0.5, 0.6) is 0 Å². The highest BCUT2D eigenvalue weighted by atomic mass is 32.2. The molecule has 0 atom stereocenters. The van der Waals surface area contributed by atoms with Crippen molar-refractivity contribution in [2.24, 2.45) is 0 Å². The van der Waals surface area contributed by atoms with E-state index < -0.39 is 0 Å². The molecule has 6 heteroatoms. The van der Waals surface area contributed by atoms with Gasteiger partial charge in [0.1, 0.15) is 17.2 Å². The van der Waals surface area contributed by atoms with Gasteiger partial charge in [0.2, 0.25) is 5.91 Å². The number of amides is 1. The highest BCUT2D eigenvalue weighted by Crippen LogP contribution is 2.13. The van der Waals surface area contributed by atoms with E-state index in [1.165, 1.54) is 18.1 Å². The number of carbonyl (C=O) groups excluding carboxylic acids is 1. The van der Waals surface area contributed by atoms with E-state index in [1.807, 2.05) is 33.1 Å². The largest absolute Gasteiger partial charge is 0.361 e. The maximum Gasteiger partial charge on any atom is 0.239 e. The normalized spacial score (nSPS) is 11.1. The molecule has 0 aliphatic heterocycles. The molecule has 0 bridgehead atoms. The average molecular weight is 254 g/mol. The molecule has 0 aliphatic carbocycles. The topological polar surface area (TPSA) is 66.9 Å². The Labute approximate surface area is 106 Å². The number of nitrogens with zero attached hydrogens (tertiary/aromatic N) is 2. The average Bonchev–Trinajstić information content (AvgIpc) is 2.24. The summed E-state index contributed by atoms with van der Waals surface area (Å²) in [5, 5.41) is 6.71. The highest BCUT2D eigenvalue weighted by molar-refractivity contribution is 7.98. The third kappa shape index (κ3) is 5.53. The SMILES string of the molecule is CSc1cc(NCC(=O)NC(C)(C)C)ncn1. The van der Waals surface area contributed by atoms with Crippen LogP contribution in [0.25, 0.3) is 0 Å². The van der Waals surface area contributed by atoms with Crippen LogP contribution in [-0.4, -0.2) is 34.2 Å². The fraction of sp³-hybridized carbons (Fsp3) is 0.545. The molecule has 0 aromatic carbocycles. The summed E-state index contributed by atoms with van der Waals surface area (Å²) >= 11 is 1.54. The lowest BCUT2D eigenvalue weighted by molar-refractivity contribution is -0.120. The van der Waals surface area contributed by atoms with E-state index in [0.29, 0.717) is 5.82 Å². The fourth-order valence-corrected chi connectivity index (χ4v) is 1.56. The first kappa shape index (κ1) is 13.8. The van der Waals surface area contributed by atoms with E-state index in [9.17, 15) is 4.79 Å². The monoisotopic (exact) mass is 254 g/mol. The summed E-state index contributed by atoms with van der Waals surface area (Å²) in [7, 11) is 0. The van der Waals surface area contributed by atoms with Gasteiger partial charge in [-0.1, -0.05) is 0 Å². The van der Waals surface area contributed by atoms with Gasteiger partial charge >= 0.3 is 0 Å². The van der Waals surface area contributed by atoms with Gasteiger partial charge in [-0.05, 0) is 27.0 Å². The maximum atomic E-state index is 11.6. The molecule has 0 spiro atoms. The van der Waals surface area contributed by atoms with Crippen LogP contribution in [-0.2, 0) is 4.79 Å². The second kappa shape index (κ2) is 5.86. The molecule has 0 aliphatic rings. The van der Waals surface area contributed by atoms with Gasteiger partial charge in [0.05, 0.1) is 6.54 Å². The van der Waals surface area contributed by atoms with Crippen LogP contribution in [0, 0.1) is 0 Å². The first-order valence-electron chi connectivity index (χ1n) is 5.31. The molecule has 0 unspecified atom stereocenters. The number of carbonyl (C=O) groups is 1. The lowest BCUT2D eigenvalue weighted by Gasteiger charge is -2.20. The Morgan fingerprint density at radius 2 is 2.12 bits per heavy atom. The minimum absolute atomic E-state index is 0.0539. The second-order valence-electron chi connectivity index (χ2n) is 4.60. The Bertz CT molecular complexity index is 389. The number of anilines is 1. The summed E-state index contributed by atoms with van der Waals surface area (Å²) in [5.74, 6) is 0.607. The third-order valence-corrected chi connectivity index (χ3v) is 2.44. The van der Waals surface area contributed by atoms with Gasteiger partial charge in [0, 0.05) is 11.6 Å². The van der Waals surface area contributed by atoms with Crippen LogP contribution in [0.3, 0.4) is 0 Å². The lowest BCUT2D eigenvalue weighted by atomic mass is 10.1. The van der Waals surface area contributed by atoms with Crippen molar-refractivity contribution in [3.63, 3.8) is 0 Å². The number of aromatic nitrogens is 2. The third-order valence-electron chi connectivity index (χ3n) is 1.80. The second-order valence-corrected chi connectivity index (χ2v) is 5.42. The zero-order chi connectivity index (χ0) is 12.9. The van der Waals surface area contributed by atoms with Crippen molar-refractivity contribution in [2.75, 3.05) is 18.1 Å². The van der Waals surface area contributed by atoms with Gasteiger partial charge in [0.25, 0.3) is 0 Å². The molecule has 0 saturated carbocycles.